The van der Waals surface area contributed by atoms with Crippen LogP contribution in [0.3, 0.4) is 0 Å². The van der Waals surface area contributed by atoms with Gasteiger partial charge in [0.25, 0.3) is 5.91 Å². The van der Waals surface area contributed by atoms with Crippen LogP contribution >= 0.6 is 0 Å². The van der Waals surface area contributed by atoms with Crippen molar-refractivity contribution >= 4 is 5.91 Å². The number of fused-ring (bicyclic) bond motifs is 1. The van der Waals surface area contributed by atoms with Crippen LogP contribution in [-0.2, 0) is 6.42 Å². The Labute approximate surface area is 138 Å². The van der Waals surface area contributed by atoms with Crippen LogP contribution in [0.5, 0.6) is 0 Å². The maximum Gasteiger partial charge on any atom is 0.251 e. The summed E-state index contributed by atoms with van der Waals surface area (Å²) in [5.41, 5.74) is 5.83. The Balaban J connectivity index is 1.72. The van der Waals surface area contributed by atoms with E-state index in [1.165, 1.54) is 16.7 Å². The number of rotatable bonds is 3. The highest BCUT2D eigenvalue weighted by molar-refractivity contribution is 5.94. The van der Waals surface area contributed by atoms with Crippen LogP contribution < -0.4 is 5.32 Å². The van der Waals surface area contributed by atoms with Gasteiger partial charge in [-0.15, -0.1) is 0 Å². The van der Waals surface area contributed by atoms with E-state index in [-0.39, 0.29) is 11.9 Å². The molecule has 1 heterocycles. The standard InChI is InChI=1S/C20H24N2O/c1-14-8-9-17(12-15(14)2)20(23)21-13-19-18-7-5-4-6-16(18)10-11-22(19)3/h4-9,12,19H,10-11,13H2,1-3H3,(H,21,23). The lowest BCUT2D eigenvalue weighted by Crippen LogP contribution is -2.40. The molecular formula is C20H24N2O. The van der Waals surface area contributed by atoms with Gasteiger partial charge in [-0.25, -0.2) is 0 Å². The lowest BCUT2D eigenvalue weighted by Gasteiger charge is -2.34. The van der Waals surface area contributed by atoms with Crippen LogP contribution in [-0.4, -0.2) is 30.9 Å². The first-order valence-electron chi connectivity index (χ1n) is 8.20. The van der Waals surface area contributed by atoms with Crippen LogP contribution in [0.25, 0.3) is 0 Å². The number of carbonyl (C=O) groups is 1. The van der Waals surface area contributed by atoms with Crippen LogP contribution in [0, 0.1) is 13.8 Å². The van der Waals surface area contributed by atoms with E-state index in [9.17, 15) is 4.79 Å². The molecule has 120 valence electrons. The molecule has 3 rings (SSSR count). The van der Waals surface area contributed by atoms with Crippen molar-refractivity contribution in [2.24, 2.45) is 0 Å². The van der Waals surface area contributed by atoms with Crippen molar-refractivity contribution in [2.45, 2.75) is 26.3 Å². The van der Waals surface area contributed by atoms with Crippen molar-refractivity contribution in [3.8, 4) is 0 Å². The number of aryl methyl sites for hydroxylation is 2. The van der Waals surface area contributed by atoms with Gasteiger partial charge in [0.1, 0.15) is 0 Å². The molecule has 0 aromatic heterocycles. The van der Waals surface area contributed by atoms with Crippen molar-refractivity contribution < 1.29 is 4.79 Å². The minimum atomic E-state index is 0.00422. The zero-order chi connectivity index (χ0) is 16.4. The highest BCUT2D eigenvalue weighted by Gasteiger charge is 2.24. The molecule has 1 amide bonds. The number of amides is 1. The van der Waals surface area contributed by atoms with Gasteiger partial charge in [-0.2, -0.15) is 0 Å². The molecule has 23 heavy (non-hydrogen) atoms. The maximum absolute atomic E-state index is 12.4. The minimum Gasteiger partial charge on any atom is -0.350 e. The average Bonchev–Trinajstić information content (AvgIpc) is 2.56. The molecule has 0 saturated carbocycles. The molecule has 1 aliphatic rings. The van der Waals surface area contributed by atoms with E-state index in [1.807, 2.05) is 25.1 Å². The van der Waals surface area contributed by atoms with Gasteiger partial charge in [0, 0.05) is 18.7 Å². The van der Waals surface area contributed by atoms with Gasteiger partial charge in [-0.1, -0.05) is 30.3 Å². The van der Waals surface area contributed by atoms with Crippen molar-refractivity contribution in [1.82, 2.24) is 10.2 Å². The maximum atomic E-state index is 12.4. The van der Waals surface area contributed by atoms with Gasteiger partial charge in [0.05, 0.1) is 6.04 Å². The molecule has 2 aromatic rings. The van der Waals surface area contributed by atoms with Gasteiger partial charge in [-0.05, 0) is 61.7 Å². The SMILES string of the molecule is Cc1ccc(C(=O)NCC2c3ccccc3CCN2C)cc1C. The number of hydrogen-bond donors (Lipinski definition) is 1. The Morgan fingerprint density at radius 3 is 2.74 bits per heavy atom. The molecular weight excluding hydrogens is 284 g/mol. The Morgan fingerprint density at radius 1 is 1.17 bits per heavy atom. The molecule has 0 radical (unpaired) electrons. The zero-order valence-corrected chi connectivity index (χ0v) is 14.1. The van der Waals surface area contributed by atoms with E-state index in [0.29, 0.717) is 6.54 Å². The van der Waals surface area contributed by atoms with Crippen LogP contribution in [0.4, 0.5) is 0 Å². The van der Waals surface area contributed by atoms with E-state index in [1.54, 1.807) is 0 Å². The van der Waals surface area contributed by atoms with Crippen LogP contribution in [0.1, 0.15) is 38.7 Å². The van der Waals surface area contributed by atoms with Gasteiger partial charge in [0.2, 0.25) is 0 Å². The molecule has 0 spiro atoms. The Kier molecular flexibility index (Phi) is 4.49. The average molecular weight is 308 g/mol. The molecule has 3 heteroatoms. The highest BCUT2D eigenvalue weighted by atomic mass is 16.1. The summed E-state index contributed by atoms with van der Waals surface area (Å²) < 4.78 is 0. The first-order chi connectivity index (χ1) is 11.1. The van der Waals surface area contributed by atoms with E-state index in [2.05, 4.69) is 48.5 Å². The quantitative estimate of drug-likeness (QED) is 0.944. The number of likely N-dealkylation sites (N-methyl/N-ethyl adjacent to an activating group) is 1. The fourth-order valence-electron chi connectivity index (χ4n) is 3.22. The van der Waals surface area contributed by atoms with Gasteiger partial charge >= 0.3 is 0 Å². The van der Waals surface area contributed by atoms with Crippen molar-refractivity contribution in [2.75, 3.05) is 20.1 Å². The summed E-state index contributed by atoms with van der Waals surface area (Å²) in [6, 6.07) is 14.7. The summed E-state index contributed by atoms with van der Waals surface area (Å²) in [5, 5.41) is 3.11. The predicted octanol–water partition coefficient (Wildman–Crippen LogP) is 3.26. The van der Waals surface area contributed by atoms with Crippen LogP contribution in [0.15, 0.2) is 42.5 Å². The molecule has 0 fully saturated rings. The third-order valence-corrected chi connectivity index (χ3v) is 4.91. The second kappa shape index (κ2) is 6.55. The molecule has 2 aromatic carbocycles. The van der Waals surface area contributed by atoms with Crippen LogP contribution in [0.2, 0.25) is 0 Å². The lowest BCUT2D eigenvalue weighted by molar-refractivity contribution is 0.0936. The molecule has 1 atom stereocenters. The molecule has 1 aliphatic heterocycles. The van der Waals surface area contributed by atoms with E-state index >= 15 is 0 Å². The number of hydrogen-bond acceptors (Lipinski definition) is 2. The first kappa shape index (κ1) is 15.8. The molecule has 0 aliphatic carbocycles. The van der Waals surface area contributed by atoms with Crippen molar-refractivity contribution in [3.05, 3.63) is 70.3 Å². The summed E-state index contributed by atoms with van der Waals surface area (Å²) in [4.78, 5) is 14.8. The normalized spacial score (nSPS) is 17.6. The smallest absolute Gasteiger partial charge is 0.251 e. The predicted molar refractivity (Wildman–Crippen MR) is 93.8 cm³/mol. The van der Waals surface area contributed by atoms with Crippen molar-refractivity contribution in [3.63, 3.8) is 0 Å². The minimum absolute atomic E-state index is 0.00422. The Bertz CT molecular complexity index is 723. The third kappa shape index (κ3) is 3.30. The largest absolute Gasteiger partial charge is 0.350 e. The van der Waals surface area contributed by atoms with E-state index in [0.717, 1.165) is 24.1 Å². The molecule has 1 unspecified atom stereocenters. The molecule has 3 nitrogen and oxygen atoms in total. The first-order valence-corrected chi connectivity index (χ1v) is 8.20. The van der Waals surface area contributed by atoms with Crippen molar-refractivity contribution in [1.29, 1.82) is 0 Å². The van der Waals surface area contributed by atoms with Gasteiger partial charge < -0.3 is 5.32 Å². The fourth-order valence-corrected chi connectivity index (χ4v) is 3.22. The van der Waals surface area contributed by atoms with Gasteiger partial charge in [-0.3, -0.25) is 9.69 Å². The highest BCUT2D eigenvalue weighted by Crippen LogP contribution is 2.27. The molecule has 0 saturated heterocycles. The zero-order valence-electron chi connectivity index (χ0n) is 14.1. The Hall–Kier alpha value is -2.13. The molecule has 0 bridgehead atoms. The summed E-state index contributed by atoms with van der Waals surface area (Å²) >= 11 is 0. The summed E-state index contributed by atoms with van der Waals surface area (Å²) in [7, 11) is 2.13. The van der Waals surface area contributed by atoms with E-state index in [4.69, 9.17) is 0 Å². The number of nitrogens with zero attached hydrogens (tertiary/aromatic N) is 1. The van der Waals surface area contributed by atoms with E-state index < -0.39 is 0 Å². The topological polar surface area (TPSA) is 32.3 Å². The summed E-state index contributed by atoms with van der Waals surface area (Å²) in [6.45, 7) is 5.77. The summed E-state index contributed by atoms with van der Waals surface area (Å²) in [6.07, 6.45) is 1.08. The monoisotopic (exact) mass is 308 g/mol. The second-order valence-electron chi connectivity index (χ2n) is 6.45. The number of carbonyl (C=O) groups excluding carboxylic acids is 1. The fraction of sp³-hybridized carbons (Fsp3) is 0.350. The number of nitrogens with one attached hydrogen (secondary N) is 1. The Morgan fingerprint density at radius 2 is 1.96 bits per heavy atom. The lowest BCUT2D eigenvalue weighted by atomic mass is 9.93. The van der Waals surface area contributed by atoms with Gasteiger partial charge in [0.15, 0.2) is 0 Å². The number of benzene rings is 2. The molecule has 1 N–H and O–H groups in total. The third-order valence-electron chi connectivity index (χ3n) is 4.91. The second-order valence-corrected chi connectivity index (χ2v) is 6.45. The summed E-state index contributed by atoms with van der Waals surface area (Å²) in [5.74, 6) is 0.00422.